The molecule has 1 aromatic rings. The number of halogens is 3. The molecule has 0 spiro atoms. The molecule has 3 atom stereocenters. The predicted octanol–water partition coefficient (Wildman–Crippen LogP) is 2.97. The second-order valence-electron chi connectivity index (χ2n) is 5.95. The molecule has 1 saturated heterocycles. The molecule has 0 saturated carbocycles. The van der Waals surface area contributed by atoms with Crippen LogP contribution < -0.4 is 16.0 Å². The Hall–Kier alpha value is -1.04. The number of nitrogens with two attached hydrogens (primary N) is 1. The SMILES string of the molecule is CCC(C)C(N)C(=O)NC1CCN(c2ccc(Cl)c(F)c2)C1.Cl. The van der Waals surface area contributed by atoms with Gasteiger partial charge >= 0.3 is 0 Å². The summed E-state index contributed by atoms with van der Waals surface area (Å²) in [6.45, 7) is 5.41. The number of nitrogens with zero attached hydrogens (tertiary/aromatic N) is 1. The topological polar surface area (TPSA) is 58.4 Å². The van der Waals surface area contributed by atoms with Crippen LogP contribution in [0.15, 0.2) is 18.2 Å². The summed E-state index contributed by atoms with van der Waals surface area (Å²) in [5.74, 6) is -0.378. The Labute approximate surface area is 148 Å². The van der Waals surface area contributed by atoms with Crippen molar-refractivity contribution in [3.8, 4) is 0 Å². The maximum atomic E-state index is 13.5. The number of carbonyl (C=O) groups is 1. The fraction of sp³-hybridized carbons (Fsp3) is 0.562. The number of amides is 1. The lowest BCUT2D eigenvalue weighted by Crippen LogP contribution is -2.49. The van der Waals surface area contributed by atoms with Crippen LogP contribution in [0.2, 0.25) is 5.02 Å². The number of hydrogen-bond acceptors (Lipinski definition) is 3. The fourth-order valence-corrected chi connectivity index (χ4v) is 2.72. The molecule has 1 heterocycles. The molecule has 1 aliphatic rings. The fourth-order valence-electron chi connectivity index (χ4n) is 2.60. The van der Waals surface area contributed by atoms with Gasteiger partial charge in [-0.2, -0.15) is 0 Å². The van der Waals surface area contributed by atoms with E-state index in [9.17, 15) is 9.18 Å². The second kappa shape index (κ2) is 8.71. The number of rotatable bonds is 5. The van der Waals surface area contributed by atoms with E-state index < -0.39 is 11.9 Å². The van der Waals surface area contributed by atoms with E-state index in [0.717, 1.165) is 25.1 Å². The monoisotopic (exact) mass is 363 g/mol. The first-order valence-corrected chi connectivity index (χ1v) is 8.06. The first-order valence-electron chi connectivity index (χ1n) is 7.68. The average Bonchev–Trinajstić information content (AvgIpc) is 2.96. The van der Waals surface area contributed by atoms with Crippen molar-refractivity contribution in [2.24, 2.45) is 11.7 Å². The van der Waals surface area contributed by atoms with E-state index in [-0.39, 0.29) is 35.3 Å². The molecule has 0 aromatic heterocycles. The minimum Gasteiger partial charge on any atom is -0.369 e. The molecule has 3 unspecified atom stereocenters. The van der Waals surface area contributed by atoms with Crippen molar-refractivity contribution in [2.45, 2.75) is 38.8 Å². The summed E-state index contributed by atoms with van der Waals surface area (Å²) in [4.78, 5) is 14.2. The van der Waals surface area contributed by atoms with E-state index in [1.54, 1.807) is 12.1 Å². The molecule has 0 radical (unpaired) electrons. The highest BCUT2D eigenvalue weighted by atomic mass is 35.5. The van der Waals surface area contributed by atoms with E-state index >= 15 is 0 Å². The van der Waals surface area contributed by atoms with Gasteiger partial charge < -0.3 is 16.0 Å². The third kappa shape index (κ3) is 4.96. The van der Waals surface area contributed by atoms with E-state index in [4.69, 9.17) is 17.3 Å². The van der Waals surface area contributed by atoms with Gasteiger partial charge in [0, 0.05) is 24.8 Å². The van der Waals surface area contributed by atoms with Gasteiger partial charge in [-0.1, -0.05) is 31.9 Å². The predicted molar refractivity (Wildman–Crippen MR) is 94.8 cm³/mol. The molecule has 0 aliphatic carbocycles. The normalized spacial score (nSPS) is 19.9. The lowest BCUT2D eigenvalue weighted by Gasteiger charge is -2.22. The van der Waals surface area contributed by atoms with Crippen LogP contribution in [0.3, 0.4) is 0 Å². The Balaban J connectivity index is 0.00000264. The third-order valence-corrected chi connectivity index (χ3v) is 4.67. The van der Waals surface area contributed by atoms with Crippen LogP contribution in [-0.2, 0) is 4.79 Å². The zero-order chi connectivity index (χ0) is 16.3. The van der Waals surface area contributed by atoms with Gasteiger partial charge in [0.15, 0.2) is 0 Å². The molecular formula is C16H24Cl2FN3O. The van der Waals surface area contributed by atoms with Crippen molar-refractivity contribution in [1.82, 2.24) is 5.32 Å². The number of benzene rings is 1. The van der Waals surface area contributed by atoms with Gasteiger partial charge in [0.25, 0.3) is 0 Å². The van der Waals surface area contributed by atoms with Crippen molar-refractivity contribution in [2.75, 3.05) is 18.0 Å². The molecule has 130 valence electrons. The summed E-state index contributed by atoms with van der Waals surface area (Å²) in [7, 11) is 0. The Bertz CT molecular complexity index is 544. The minimum atomic E-state index is -0.480. The molecule has 1 amide bonds. The average molecular weight is 364 g/mol. The van der Waals surface area contributed by atoms with Crippen molar-refractivity contribution in [1.29, 1.82) is 0 Å². The minimum absolute atomic E-state index is 0. The first kappa shape index (κ1) is 20.0. The Kier molecular flexibility index (Phi) is 7.58. The maximum absolute atomic E-state index is 13.5. The van der Waals surface area contributed by atoms with E-state index in [2.05, 4.69) is 5.32 Å². The lowest BCUT2D eigenvalue weighted by molar-refractivity contribution is -0.124. The van der Waals surface area contributed by atoms with Crippen molar-refractivity contribution < 1.29 is 9.18 Å². The third-order valence-electron chi connectivity index (χ3n) is 4.36. The maximum Gasteiger partial charge on any atom is 0.237 e. The summed E-state index contributed by atoms with van der Waals surface area (Å²) in [6.07, 6.45) is 1.69. The van der Waals surface area contributed by atoms with Gasteiger partial charge in [0.1, 0.15) is 5.82 Å². The van der Waals surface area contributed by atoms with Gasteiger partial charge in [-0.05, 0) is 30.5 Å². The largest absolute Gasteiger partial charge is 0.369 e. The molecular weight excluding hydrogens is 340 g/mol. The van der Waals surface area contributed by atoms with Crippen molar-refractivity contribution in [3.05, 3.63) is 29.0 Å². The van der Waals surface area contributed by atoms with Gasteiger partial charge in [-0.3, -0.25) is 4.79 Å². The van der Waals surface area contributed by atoms with Gasteiger partial charge in [-0.15, -0.1) is 12.4 Å². The highest BCUT2D eigenvalue weighted by Crippen LogP contribution is 2.25. The first-order chi connectivity index (χ1) is 10.4. The van der Waals surface area contributed by atoms with E-state index in [0.29, 0.717) is 6.54 Å². The van der Waals surface area contributed by atoms with Crippen LogP contribution in [0.25, 0.3) is 0 Å². The molecule has 7 heteroatoms. The van der Waals surface area contributed by atoms with Crippen molar-refractivity contribution in [3.63, 3.8) is 0 Å². The van der Waals surface area contributed by atoms with Crippen molar-refractivity contribution >= 4 is 35.6 Å². The van der Waals surface area contributed by atoms with Crippen LogP contribution in [0.5, 0.6) is 0 Å². The summed E-state index contributed by atoms with van der Waals surface area (Å²) < 4.78 is 13.5. The smallest absolute Gasteiger partial charge is 0.237 e. The number of carbonyl (C=O) groups excluding carboxylic acids is 1. The molecule has 1 aromatic carbocycles. The highest BCUT2D eigenvalue weighted by Gasteiger charge is 2.27. The van der Waals surface area contributed by atoms with E-state index in [1.807, 2.05) is 18.7 Å². The van der Waals surface area contributed by atoms with E-state index in [1.165, 1.54) is 6.07 Å². The van der Waals surface area contributed by atoms with Gasteiger partial charge in [-0.25, -0.2) is 4.39 Å². The van der Waals surface area contributed by atoms with Gasteiger partial charge in [0.2, 0.25) is 5.91 Å². The summed E-state index contributed by atoms with van der Waals surface area (Å²) in [5.41, 5.74) is 6.72. The number of hydrogen-bond donors (Lipinski definition) is 2. The Morgan fingerprint density at radius 2 is 2.26 bits per heavy atom. The molecule has 1 aliphatic heterocycles. The zero-order valence-corrected chi connectivity index (χ0v) is 15.0. The molecule has 1 fully saturated rings. The quantitative estimate of drug-likeness (QED) is 0.845. The Morgan fingerprint density at radius 1 is 1.57 bits per heavy atom. The van der Waals surface area contributed by atoms with Gasteiger partial charge in [0.05, 0.1) is 11.1 Å². The lowest BCUT2D eigenvalue weighted by atomic mass is 9.99. The van der Waals surface area contributed by atoms with Crippen LogP contribution in [0, 0.1) is 11.7 Å². The summed E-state index contributed by atoms with van der Waals surface area (Å²) in [6, 6.07) is 4.34. The molecule has 3 N–H and O–H groups in total. The number of anilines is 1. The molecule has 23 heavy (non-hydrogen) atoms. The van der Waals surface area contributed by atoms with Crippen LogP contribution in [-0.4, -0.2) is 31.1 Å². The standard InChI is InChI=1S/C16H23ClFN3O.ClH/c1-3-10(2)15(19)16(22)20-11-6-7-21(9-11)12-4-5-13(17)14(18)8-12;/h4-5,8,10-11,15H,3,6-7,9,19H2,1-2H3,(H,20,22);1H. The molecule has 2 rings (SSSR count). The van der Waals surface area contributed by atoms with Crippen LogP contribution in [0.4, 0.5) is 10.1 Å². The van der Waals surface area contributed by atoms with Crippen LogP contribution >= 0.6 is 24.0 Å². The Morgan fingerprint density at radius 3 is 2.87 bits per heavy atom. The summed E-state index contributed by atoms with van der Waals surface area (Å²) >= 11 is 5.70. The molecule has 0 bridgehead atoms. The zero-order valence-electron chi connectivity index (χ0n) is 13.4. The second-order valence-corrected chi connectivity index (χ2v) is 6.36. The van der Waals surface area contributed by atoms with Crippen LogP contribution in [0.1, 0.15) is 26.7 Å². The summed E-state index contributed by atoms with van der Waals surface area (Å²) in [5, 5.41) is 3.11. The number of nitrogens with one attached hydrogen (secondary N) is 1. The highest BCUT2D eigenvalue weighted by molar-refractivity contribution is 6.30. The molecule has 4 nitrogen and oxygen atoms in total.